The Morgan fingerprint density at radius 3 is 2.56 bits per heavy atom. The summed E-state index contributed by atoms with van der Waals surface area (Å²) >= 11 is 0. The van der Waals surface area contributed by atoms with Gasteiger partial charge in [0.05, 0.1) is 12.7 Å². The quantitative estimate of drug-likeness (QED) is 0.715. The van der Waals surface area contributed by atoms with Gasteiger partial charge in [0.1, 0.15) is 18.3 Å². The summed E-state index contributed by atoms with van der Waals surface area (Å²) in [5.41, 5.74) is 0. The van der Waals surface area contributed by atoms with Gasteiger partial charge in [0.15, 0.2) is 12.1 Å². The fourth-order valence-electron chi connectivity index (χ4n) is 2.50. The van der Waals surface area contributed by atoms with Gasteiger partial charge in [-0.2, -0.15) is 0 Å². The fourth-order valence-corrected chi connectivity index (χ4v) is 2.50. The molecule has 5 heteroatoms. The van der Waals surface area contributed by atoms with Crippen molar-refractivity contribution in [1.82, 2.24) is 0 Å². The lowest BCUT2D eigenvalue weighted by Gasteiger charge is -2.39. The Bertz CT molecular complexity index is 304. The monoisotopic (exact) mass is 258 g/mol. The molecular weight excluding hydrogens is 236 g/mol. The van der Waals surface area contributed by atoms with Crippen LogP contribution in [-0.2, 0) is 23.7 Å². The van der Waals surface area contributed by atoms with Crippen LogP contribution in [0.5, 0.6) is 0 Å². The summed E-state index contributed by atoms with van der Waals surface area (Å²) < 4.78 is 28.6. The number of hydrogen-bond donors (Lipinski definition) is 0. The number of methoxy groups -OCH3 is 1. The molecule has 2 rings (SSSR count). The minimum absolute atomic E-state index is 0.0991. The first-order valence-electron chi connectivity index (χ1n) is 6.25. The van der Waals surface area contributed by atoms with Gasteiger partial charge in [-0.05, 0) is 20.8 Å². The number of fused-ring (bicyclic) bond motifs is 1. The largest absolute Gasteiger partial charge is 0.373 e. The van der Waals surface area contributed by atoms with Gasteiger partial charge in [-0.1, -0.05) is 6.08 Å². The van der Waals surface area contributed by atoms with Gasteiger partial charge in [0, 0.05) is 7.11 Å². The van der Waals surface area contributed by atoms with E-state index in [0.717, 1.165) is 0 Å². The maximum Gasteiger partial charge on any atom is 0.187 e. The highest BCUT2D eigenvalue weighted by molar-refractivity contribution is 4.96. The first-order chi connectivity index (χ1) is 8.48. The Kier molecular flexibility index (Phi) is 4.08. The van der Waals surface area contributed by atoms with E-state index in [1.807, 2.05) is 20.8 Å². The van der Waals surface area contributed by atoms with Crippen molar-refractivity contribution in [2.45, 2.75) is 57.3 Å². The van der Waals surface area contributed by atoms with Crippen molar-refractivity contribution in [1.29, 1.82) is 0 Å². The number of hydrogen-bond acceptors (Lipinski definition) is 5. The van der Waals surface area contributed by atoms with Gasteiger partial charge in [-0.3, -0.25) is 0 Å². The summed E-state index contributed by atoms with van der Waals surface area (Å²) in [6, 6.07) is 0. The number of ether oxygens (including phenoxy) is 5. The van der Waals surface area contributed by atoms with Crippen LogP contribution >= 0.6 is 0 Å². The molecule has 5 atom stereocenters. The summed E-state index contributed by atoms with van der Waals surface area (Å²) in [4.78, 5) is 0. The molecule has 0 aromatic heterocycles. The first kappa shape index (κ1) is 14.0. The zero-order valence-corrected chi connectivity index (χ0v) is 11.4. The lowest BCUT2D eigenvalue weighted by Crippen LogP contribution is -2.56. The molecule has 2 aliphatic rings. The summed E-state index contributed by atoms with van der Waals surface area (Å²) in [6.07, 6.45) is 0.521. The van der Waals surface area contributed by atoms with Crippen molar-refractivity contribution in [3.63, 3.8) is 0 Å². The van der Waals surface area contributed by atoms with Gasteiger partial charge in [-0.25, -0.2) is 0 Å². The average Bonchev–Trinajstić information content (AvgIpc) is 2.62. The molecular formula is C13H22O5. The second-order valence-corrected chi connectivity index (χ2v) is 5.10. The highest BCUT2D eigenvalue weighted by atomic mass is 16.8. The molecule has 0 aromatic carbocycles. The molecule has 0 N–H and O–H groups in total. The standard InChI is InChI=1S/C13H22O5/c1-6-7-15-12-11(14-5)10-9(8(2)16-12)17-13(3,4)18-10/h6,8-12H,1,7H2,2-5H3/t8-,9+,10+,11-,12+/m1/s1. The van der Waals surface area contributed by atoms with E-state index in [1.165, 1.54) is 0 Å². The van der Waals surface area contributed by atoms with Crippen LogP contribution in [0.25, 0.3) is 0 Å². The Morgan fingerprint density at radius 2 is 1.94 bits per heavy atom. The topological polar surface area (TPSA) is 46.2 Å². The van der Waals surface area contributed by atoms with Crippen molar-refractivity contribution in [3.8, 4) is 0 Å². The van der Waals surface area contributed by atoms with E-state index in [9.17, 15) is 0 Å². The maximum absolute atomic E-state index is 5.90. The van der Waals surface area contributed by atoms with Gasteiger partial charge in [0.2, 0.25) is 0 Å². The second kappa shape index (κ2) is 5.27. The number of rotatable bonds is 4. The highest BCUT2D eigenvalue weighted by Crippen LogP contribution is 2.38. The van der Waals surface area contributed by atoms with Crippen molar-refractivity contribution >= 4 is 0 Å². The van der Waals surface area contributed by atoms with Crippen LogP contribution in [0.4, 0.5) is 0 Å². The first-order valence-corrected chi connectivity index (χ1v) is 6.25. The Morgan fingerprint density at radius 1 is 1.28 bits per heavy atom. The predicted octanol–water partition coefficient (Wildman–Crippen LogP) is 1.47. The zero-order valence-electron chi connectivity index (χ0n) is 11.4. The van der Waals surface area contributed by atoms with Crippen molar-refractivity contribution in [2.24, 2.45) is 0 Å². The fraction of sp³-hybridized carbons (Fsp3) is 0.846. The van der Waals surface area contributed by atoms with Crippen molar-refractivity contribution in [3.05, 3.63) is 12.7 Å². The summed E-state index contributed by atoms with van der Waals surface area (Å²) in [5.74, 6) is -0.614. The third kappa shape index (κ3) is 2.60. The lowest BCUT2D eigenvalue weighted by molar-refractivity contribution is -0.276. The van der Waals surface area contributed by atoms with Gasteiger partial charge in [0.25, 0.3) is 0 Å². The molecule has 0 aliphatic carbocycles. The smallest absolute Gasteiger partial charge is 0.187 e. The summed E-state index contributed by atoms with van der Waals surface area (Å²) in [7, 11) is 1.63. The summed E-state index contributed by atoms with van der Waals surface area (Å²) in [6.45, 7) is 9.79. The lowest BCUT2D eigenvalue weighted by atomic mass is 10.00. The molecule has 0 radical (unpaired) electrons. The van der Waals surface area contributed by atoms with E-state index >= 15 is 0 Å². The van der Waals surface area contributed by atoms with E-state index < -0.39 is 12.1 Å². The zero-order chi connectivity index (χ0) is 13.3. The molecule has 5 nitrogen and oxygen atoms in total. The average molecular weight is 258 g/mol. The van der Waals surface area contributed by atoms with Crippen LogP contribution < -0.4 is 0 Å². The van der Waals surface area contributed by atoms with Crippen LogP contribution in [0.1, 0.15) is 20.8 Å². The minimum atomic E-state index is -0.614. The Labute approximate surface area is 108 Å². The molecule has 18 heavy (non-hydrogen) atoms. The summed E-state index contributed by atoms with van der Waals surface area (Å²) in [5, 5.41) is 0. The Hall–Kier alpha value is -0.460. The van der Waals surface area contributed by atoms with E-state index in [-0.39, 0.29) is 24.4 Å². The van der Waals surface area contributed by atoms with Gasteiger partial charge in [-0.15, -0.1) is 6.58 Å². The van der Waals surface area contributed by atoms with Gasteiger partial charge < -0.3 is 23.7 Å². The SMILES string of the molecule is C=CCO[C@H]1O[C@H](C)[C@@H]2OC(C)(C)O[C@@H]2[C@H]1OC. The second-order valence-electron chi connectivity index (χ2n) is 5.10. The van der Waals surface area contributed by atoms with Crippen LogP contribution in [-0.4, -0.2) is 50.2 Å². The molecule has 2 heterocycles. The molecule has 2 aliphatic heterocycles. The molecule has 0 amide bonds. The maximum atomic E-state index is 5.90. The molecule has 0 saturated carbocycles. The van der Waals surface area contributed by atoms with E-state index in [0.29, 0.717) is 6.61 Å². The molecule has 2 fully saturated rings. The van der Waals surface area contributed by atoms with E-state index in [1.54, 1.807) is 13.2 Å². The van der Waals surface area contributed by atoms with Crippen LogP contribution in [0, 0.1) is 0 Å². The normalized spacial score (nSPS) is 42.6. The molecule has 2 saturated heterocycles. The molecule has 0 bridgehead atoms. The minimum Gasteiger partial charge on any atom is -0.373 e. The molecule has 0 unspecified atom stereocenters. The van der Waals surface area contributed by atoms with E-state index in [4.69, 9.17) is 23.7 Å². The van der Waals surface area contributed by atoms with Crippen LogP contribution in [0.3, 0.4) is 0 Å². The van der Waals surface area contributed by atoms with Crippen molar-refractivity contribution < 1.29 is 23.7 Å². The van der Waals surface area contributed by atoms with Crippen molar-refractivity contribution in [2.75, 3.05) is 13.7 Å². The highest BCUT2D eigenvalue weighted by Gasteiger charge is 2.54. The third-order valence-electron chi connectivity index (χ3n) is 3.22. The molecule has 104 valence electrons. The Balaban J connectivity index is 2.12. The molecule has 0 spiro atoms. The van der Waals surface area contributed by atoms with Crippen LogP contribution in [0.2, 0.25) is 0 Å². The predicted molar refractivity (Wildman–Crippen MR) is 65.1 cm³/mol. The van der Waals surface area contributed by atoms with E-state index in [2.05, 4.69) is 6.58 Å². The third-order valence-corrected chi connectivity index (χ3v) is 3.22. The van der Waals surface area contributed by atoms with Gasteiger partial charge >= 0.3 is 0 Å². The molecule has 0 aromatic rings. The van der Waals surface area contributed by atoms with Crippen LogP contribution in [0.15, 0.2) is 12.7 Å².